The number of allylic oxidation sites excluding steroid dienone is 15. The number of carbonyl (C=O) groups is 2. The monoisotopic (exact) mass is 1210 g/mol. The van der Waals surface area contributed by atoms with E-state index in [-0.39, 0.29) is 19.4 Å². The number of aliphatic hydroxyl groups excluding tert-OH is 5. The molecule has 0 aromatic carbocycles. The predicted molar refractivity (Wildman–Crippen MR) is 361 cm³/mol. The van der Waals surface area contributed by atoms with Gasteiger partial charge in [0.25, 0.3) is 0 Å². The van der Waals surface area contributed by atoms with Crippen LogP contribution in [-0.2, 0) is 23.8 Å². The molecule has 1 fully saturated rings. The number of esters is 1. The van der Waals surface area contributed by atoms with Gasteiger partial charge in [-0.05, 0) is 103 Å². The zero-order valence-corrected chi connectivity index (χ0v) is 55.2. The van der Waals surface area contributed by atoms with Gasteiger partial charge in [-0.25, -0.2) is 0 Å². The molecule has 1 heterocycles. The fourth-order valence-corrected chi connectivity index (χ4v) is 10.7. The Kier molecular flexibility index (Phi) is 57.9. The van der Waals surface area contributed by atoms with Crippen LogP contribution in [-0.4, -0.2) is 99.6 Å². The highest BCUT2D eigenvalue weighted by molar-refractivity contribution is 5.80. The number of unbranched alkanes of at least 4 members (excludes halogenated alkanes) is 32. The van der Waals surface area contributed by atoms with Crippen molar-refractivity contribution >= 4 is 11.9 Å². The van der Waals surface area contributed by atoms with Gasteiger partial charge in [0.05, 0.1) is 25.4 Å². The summed E-state index contributed by atoms with van der Waals surface area (Å²) in [5.41, 5.74) is 0. The molecule has 1 aliphatic heterocycles. The zero-order chi connectivity index (χ0) is 62.4. The third kappa shape index (κ3) is 48.5. The highest BCUT2D eigenvalue weighted by Gasteiger charge is 2.47. The molecule has 1 amide bonds. The molecular formula is C75H131NO10. The van der Waals surface area contributed by atoms with Gasteiger partial charge in [-0.15, -0.1) is 0 Å². The molecule has 86 heavy (non-hydrogen) atoms. The van der Waals surface area contributed by atoms with Gasteiger partial charge in [-0.3, -0.25) is 9.59 Å². The molecule has 0 aromatic rings. The van der Waals surface area contributed by atoms with Crippen LogP contribution in [0, 0.1) is 0 Å². The molecule has 0 saturated carbocycles. The molecule has 8 atom stereocenters. The highest BCUT2D eigenvalue weighted by atomic mass is 16.7. The molecule has 0 aliphatic carbocycles. The first kappa shape index (κ1) is 80.6. The van der Waals surface area contributed by atoms with Crippen molar-refractivity contribution in [1.82, 2.24) is 5.32 Å². The minimum Gasteiger partial charge on any atom is -0.454 e. The SMILES string of the molecule is CC/C=C\C/C=C\C/C=C\C/C=C\C/C=C\CCCCC(O)C(=O)NC(COC1OC(CO)C(O)C(O)C1OC(=O)CCCCCCCCCCCCCCCCCCC/C=C\C/C=C\CCCCC)C(O)/C=C/CCCCCCCCCCCC. The first-order chi connectivity index (χ1) is 42.2. The normalized spacial score (nSPS) is 18.9. The molecule has 0 radical (unpaired) electrons. The molecule has 0 aromatic heterocycles. The van der Waals surface area contributed by atoms with E-state index in [4.69, 9.17) is 14.2 Å². The van der Waals surface area contributed by atoms with Crippen LogP contribution in [0.3, 0.4) is 0 Å². The van der Waals surface area contributed by atoms with Crippen molar-refractivity contribution in [3.63, 3.8) is 0 Å². The Balaban J connectivity index is 2.56. The largest absolute Gasteiger partial charge is 0.454 e. The lowest BCUT2D eigenvalue weighted by molar-refractivity contribution is -0.305. The van der Waals surface area contributed by atoms with E-state index in [1.165, 1.54) is 161 Å². The number of carbonyl (C=O) groups excluding carboxylic acids is 2. The van der Waals surface area contributed by atoms with Gasteiger partial charge >= 0.3 is 5.97 Å². The summed E-state index contributed by atoms with van der Waals surface area (Å²) in [5.74, 6) is -1.23. The third-order valence-corrected chi connectivity index (χ3v) is 16.2. The summed E-state index contributed by atoms with van der Waals surface area (Å²) in [4.78, 5) is 26.7. The molecule has 1 rings (SSSR count). The van der Waals surface area contributed by atoms with Gasteiger partial charge in [0, 0.05) is 6.42 Å². The van der Waals surface area contributed by atoms with E-state index in [2.05, 4.69) is 111 Å². The Morgan fingerprint density at radius 2 is 0.837 bits per heavy atom. The van der Waals surface area contributed by atoms with Crippen LogP contribution in [0.25, 0.3) is 0 Å². The number of rotatable bonds is 60. The second-order valence-corrected chi connectivity index (χ2v) is 24.2. The van der Waals surface area contributed by atoms with Gasteiger partial charge in [-0.1, -0.05) is 291 Å². The molecule has 0 bridgehead atoms. The Hall–Kier alpha value is -3.42. The number of hydrogen-bond donors (Lipinski definition) is 6. The number of amides is 1. The predicted octanol–water partition coefficient (Wildman–Crippen LogP) is 18.2. The van der Waals surface area contributed by atoms with Crippen molar-refractivity contribution in [2.24, 2.45) is 0 Å². The standard InChI is InChI=1S/C75H131NO10/c1-4-7-10-13-16-19-22-25-27-29-31-32-33-34-35-36-37-38-39-41-43-45-48-51-54-57-60-63-70(80)86-73-72(82)71(81)69(64-77)85-75(73)84-65-66(67(78)61-58-55-52-49-46-24-21-18-15-12-9-6-3)76-74(83)68(79)62-59-56-53-50-47-44-42-40-30-28-26-23-20-17-14-11-8-5-2/h8,11,16-17,19-20,25-28,40,42,47,50,58,61,66-69,71-73,75,77-79,81-82H,4-7,9-10,12-15,18,21-24,29-39,41,43-46,48-49,51-57,59-60,62-65H2,1-3H3,(H,76,83)/b11-8-,19-16-,20-17-,27-25-,28-26-,42-40-,50-47-,61-58+. The van der Waals surface area contributed by atoms with Crippen molar-refractivity contribution in [3.8, 4) is 0 Å². The molecule has 11 nitrogen and oxygen atoms in total. The Bertz CT molecular complexity index is 1770. The molecule has 11 heteroatoms. The van der Waals surface area contributed by atoms with E-state index in [1.54, 1.807) is 6.08 Å². The van der Waals surface area contributed by atoms with E-state index < -0.39 is 67.4 Å². The summed E-state index contributed by atoms with van der Waals surface area (Å²) >= 11 is 0. The minimum absolute atomic E-state index is 0.117. The van der Waals surface area contributed by atoms with Crippen LogP contribution in [0.1, 0.15) is 303 Å². The summed E-state index contributed by atoms with van der Waals surface area (Å²) in [6.45, 7) is 5.65. The van der Waals surface area contributed by atoms with Crippen molar-refractivity contribution in [2.75, 3.05) is 13.2 Å². The maximum absolute atomic E-state index is 13.5. The van der Waals surface area contributed by atoms with Gasteiger partial charge < -0.3 is 45.1 Å². The van der Waals surface area contributed by atoms with Crippen molar-refractivity contribution in [2.45, 2.75) is 352 Å². The first-order valence-corrected chi connectivity index (χ1v) is 35.5. The van der Waals surface area contributed by atoms with Gasteiger partial charge in [0.1, 0.15) is 24.4 Å². The van der Waals surface area contributed by atoms with Gasteiger partial charge in [-0.2, -0.15) is 0 Å². The highest BCUT2D eigenvalue weighted by Crippen LogP contribution is 2.26. The molecule has 8 unspecified atom stereocenters. The summed E-state index contributed by atoms with van der Waals surface area (Å²) in [6, 6.07) is -1.05. The number of ether oxygens (including phenoxy) is 3. The molecule has 0 spiro atoms. The minimum atomic E-state index is -1.62. The molecule has 1 saturated heterocycles. The second kappa shape index (κ2) is 61.8. The van der Waals surface area contributed by atoms with E-state index >= 15 is 0 Å². The lowest BCUT2D eigenvalue weighted by atomic mass is 9.99. The van der Waals surface area contributed by atoms with Gasteiger partial charge in [0.2, 0.25) is 5.91 Å². The Morgan fingerprint density at radius 3 is 1.28 bits per heavy atom. The van der Waals surface area contributed by atoms with E-state index in [0.717, 1.165) is 96.3 Å². The lowest BCUT2D eigenvalue weighted by Crippen LogP contribution is -2.61. The maximum atomic E-state index is 13.5. The van der Waals surface area contributed by atoms with Crippen molar-refractivity contribution in [3.05, 3.63) is 97.2 Å². The van der Waals surface area contributed by atoms with Crippen LogP contribution in [0.4, 0.5) is 0 Å². The molecular weight excluding hydrogens is 1070 g/mol. The summed E-state index contributed by atoms with van der Waals surface area (Å²) in [6.07, 6.45) is 73.1. The van der Waals surface area contributed by atoms with Crippen LogP contribution in [0.15, 0.2) is 97.2 Å². The van der Waals surface area contributed by atoms with Crippen LogP contribution < -0.4 is 5.32 Å². The Morgan fingerprint density at radius 1 is 0.465 bits per heavy atom. The maximum Gasteiger partial charge on any atom is 0.306 e. The van der Waals surface area contributed by atoms with Crippen LogP contribution >= 0.6 is 0 Å². The fraction of sp³-hybridized carbons (Fsp3) is 0.760. The lowest BCUT2D eigenvalue weighted by Gasteiger charge is -2.41. The fourth-order valence-electron chi connectivity index (χ4n) is 10.7. The zero-order valence-electron chi connectivity index (χ0n) is 55.2. The van der Waals surface area contributed by atoms with Crippen LogP contribution in [0.5, 0.6) is 0 Å². The average molecular weight is 1210 g/mol. The molecule has 1 aliphatic rings. The molecule has 496 valence electrons. The molecule has 6 N–H and O–H groups in total. The summed E-state index contributed by atoms with van der Waals surface area (Å²) in [7, 11) is 0. The third-order valence-electron chi connectivity index (χ3n) is 16.2. The number of aliphatic hydroxyl groups is 5. The smallest absolute Gasteiger partial charge is 0.306 e. The number of nitrogens with one attached hydrogen (secondary N) is 1. The average Bonchev–Trinajstić information content (AvgIpc) is 3.59. The topological polar surface area (TPSA) is 175 Å². The Labute approximate surface area is 526 Å². The van der Waals surface area contributed by atoms with Crippen LogP contribution in [0.2, 0.25) is 0 Å². The van der Waals surface area contributed by atoms with Crippen molar-refractivity contribution in [1.29, 1.82) is 0 Å². The first-order valence-electron chi connectivity index (χ1n) is 35.5. The van der Waals surface area contributed by atoms with E-state index in [1.807, 2.05) is 6.08 Å². The van der Waals surface area contributed by atoms with E-state index in [9.17, 15) is 35.1 Å². The van der Waals surface area contributed by atoms with E-state index in [0.29, 0.717) is 12.8 Å². The summed E-state index contributed by atoms with van der Waals surface area (Å²) < 4.78 is 17.7. The summed E-state index contributed by atoms with van der Waals surface area (Å²) in [5, 5.41) is 57.2. The van der Waals surface area contributed by atoms with Gasteiger partial charge in [0.15, 0.2) is 12.4 Å². The van der Waals surface area contributed by atoms with Crippen molar-refractivity contribution < 1.29 is 49.3 Å². The number of hydrogen-bond acceptors (Lipinski definition) is 10. The second-order valence-electron chi connectivity index (χ2n) is 24.2. The quantitative estimate of drug-likeness (QED) is 0.0195.